The summed E-state index contributed by atoms with van der Waals surface area (Å²) in [5.41, 5.74) is 2.66. The van der Waals surface area contributed by atoms with E-state index in [-0.39, 0.29) is 5.91 Å². The Morgan fingerprint density at radius 2 is 2.10 bits per heavy atom. The number of thiophene rings is 1. The first-order valence-electron chi connectivity index (χ1n) is 7.09. The Bertz CT molecular complexity index is 703. The van der Waals surface area contributed by atoms with Gasteiger partial charge in [-0.25, -0.2) is 0 Å². The number of hydrogen-bond donors (Lipinski definition) is 0. The number of fused-ring (bicyclic) bond motifs is 1. The zero-order valence-corrected chi connectivity index (χ0v) is 12.7. The van der Waals surface area contributed by atoms with Gasteiger partial charge in [-0.2, -0.15) is 5.26 Å². The van der Waals surface area contributed by atoms with Crippen molar-refractivity contribution in [1.29, 1.82) is 5.26 Å². The first-order valence-corrected chi connectivity index (χ1v) is 7.90. The first kappa shape index (κ1) is 13.8. The quantitative estimate of drug-likeness (QED) is 0.846. The van der Waals surface area contributed by atoms with Gasteiger partial charge in [-0.05, 0) is 55.5 Å². The molecule has 1 aromatic carbocycles. The van der Waals surface area contributed by atoms with Crippen molar-refractivity contribution in [2.45, 2.75) is 25.7 Å². The summed E-state index contributed by atoms with van der Waals surface area (Å²) in [7, 11) is 1.76. The molecule has 0 N–H and O–H groups in total. The van der Waals surface area contributed by atoms with Crippen molar-refractivity contribution in [1.82, 2.24) is 0 Å². The van der Waals surface area contributed by atoms with Crippen LogP contribution in [0.15, 0.2) is 30.3 Å². The molecule has 1 aliphatic carbocycles. The summed E-state index contributed by atoms with van der Waals surface area (Å²) in [5.74, 6) is 0.00416. The van der Waals surface area contributed by atoms with E-state index in [4.69, 9.17) is 5.26 Å². The van der Waals surface area contributed by atoms with E-state index < -0.39 is 0 Å². The molecule has 1 aliphatic rings. The molecule has 0 unspecified atom stereocenters. The van der Waals surface area contributed by atoms with Gasteiger partial charge in [0.2, 0.25) is 0 Å². The van der Waals surface area contributed by atoms with Crippen LogP contribution in [-0.2, 0) is 12.8 Å². The number of benzene rings is 1. The fourth-order valence-corrected chi connectivity index (χ4v) is 3.89. The molecule has 4 heteroatoms. The van der Waals surface area contributed by atoms with Crippen molar-refractivity contribution in [3.63, 3.8) is 0 Å². The fourth-order valence-electron chi connectivity index (χ4n) is 2.66. The van der Waals surface area contributed by atoms with Crippen LogP contribution in [0.5, 0.6) is 0 Å². The Balaban J connectivity index is 1.87. The predicted molar refractivity (Wildman–Crippen MR) is 84.9 cm³/mol. The average Bonchev–Trinajstić information content (AvgIpc) is 2.97. The smallest absolute Gasteiger partial charge is 0.268 e. The van der Waals surface area contributed by atoms with Crippen molar-refractivity contribution in [2.24, 2.45) is 0 Å². The van der Waals surface area contributed by atoms with Crippen molar-refractivity contribution < 1.29 is 4.79 Å². The standard InChI is InChI=1S/C17H16N2OS/c1-19(14-7-4-5-12(9-14)11-18)17(20)16-10-13-6-2-3-8-15(13)21-16/h4-5,7,9-10H,2-3,6,8H2,1H3. The van der Waals surface area contributed by atoms with Crippen LogP contribution >= 0.6 is 11.3 Å². The van der Waals surface area contributed by atoms with E-state index in [0.29, 0.717) is 5.56 Å². The highest BCUT2D eigenvalue weighted by molar-refractivity contribution is 7.14. The lowest BCUT2D eigenvalue weighted by atomic mass is 9.99. The van der Waals surface area contributed by atoms with Gasteiger partial charge in [0.05, 0.1) is 16.5 Å². The minimum absolute atomic E-state index is 0.00416. The number of rotatable bonds is 2. The molecule has 1 amide bonds. The Labute approximate surface area is 128 Å². The minimum atomic E-state index is 0.00416. The molecular formula is C17H16N2OS. The lowest BCUT2D eigenvalue weighted by Gasteiger charge is -2.16. The third-order valence-electron chi connectivity index (χ3n) is 3.87. The molecule has 0 aliphatic heterocycles. The molecule has 0 spiro atoms. The van der Waals surface area contributed by atoms with Gasteiger partial charge in [0, 0.05) is 17.6 Å². The van der Waals surface area contributed by atoms with Crippen molar-refractivity contribution >= 4 is 22.9 Å². The summed E-state index contributed by atoms with van der Waals surface area (Å²) in [6, 6.07) is 11.3. The minimum Gasteiger partial charge on any atom is -0.311 e. The zero-order chi connectivity index (χ0) is 14.8. The normalized spacial score (nSPS) is 13.3. The summed E-state index contributed by atoms with van der Waals surface area (Å²) in [4.78, 5) is 16.4. The number of carbonyl (C=O) groups excluding carboxylic acids is 1. The molecule has 0 saturated carbocycles. The Kier molecular flexibility index (Phi) is 3.76. The highest BCUT2D eigenvalue weighted by atomic mass is 32.1. The van der Waals surface area contributed by atoms with Crippen LogP contribution < -0.4 is 4.90 Å². The second-order valence-corrected chi connectivity index (χ2v) is 6.43. The van der Waals surface area contributed by atoms with Crippen molar-refractivity contribution in [3.05, 3.63) is 51.2 Å². The summed E-state index contributed by atoms with van der Waals surface area (Å²) in [5, 5.41) is 8.96. The van der Waals surface area contributed by atoms with E-state index in [1.807, 2.05) is 12.1 Å². The number of anilines is 1. The van der Waals surface area contributed by atoms with Gasteiger partial charge >= 0.3 is 0 Å². The summed E-state index contributed by atoms with van der Waals surface area (Å²) in [6.45, 7) is 0. The lowest BCUT2D eigenvalue weighted by molar-refractivity contribution is 0.0997. The number of amides is 1. The summed E-state index contributed by atoms with van der Waals surface area (Å²) in [6.07, 6.45) is 4.63. The molecule has 0 fully saturated rings. The number of hydrogen-bond acceptors (Lipinski definition) is 3. The van der Waals surface area contributed by atoms with Crippen LogP contribution in [0.3, 0.4) is 0 Å². The van der Waals surface area contributed by atoms with Gasteiger partial charge in [-0.1, -0.05) is 6.07 Å². The van der Waals surface area contributed by atoms with Crippen LogP contribution in [0.1, 0.15) is 38.5 Å². The molecule has 2 aromatic rings. The van der Waals surface area contributed by atoms with Crippen LogP contribution in [-0.4, -0.2) is 13.0 Å². The number of nitrogens with zero attached hydrogens (tertiary/aromatic N) is 2. The average molecular weight is 296 g/mol. The van der Waals surface area contributed by atoms with E-state index in [0.717, 1.165) is 23.4 Å². The maximum atomic E-state index is 12.6. The Morgan fingerprint density at radius 3 is 2.86 bits per heavy atom. The fraction of sp³-hybridized carbons (Fsp3) is 0.294. The topological polar surface area (TPSA) is 44.1 Å². The van der Waals surface area contributed by atoms with Gasteiger partial charge in [0.1, 0.15) is 0 Å². The van der Waals surface area contributed by atoms with E-state index in [2.05, 4.69) is 6.07 Å². The van der Waals surface area contributed by atoms with Crippen LogP contribution in [0.2, 0.25) is 0 Å². The zero-order valence-electron chi connectivity index (χ0n) is 11.9. The molecule has 1 aromatic heterocycles. The largest absolute Gasteiger partial charge is 0.311 e. The van der Waals surface area contributed by atoms with E-state index >= 15 is 0 Å². The number of carbonyl (C=O) groups is 1. The lowest BCUT2D eigenvalue weighted by Crippen LogP contribution is -2.25. The van der Waals surface area contributed by atoms with E-state index in [1.54, 1.807) is 41.5 Å². The summed E-state index contributed by atoms with van der Waals surface area (Å²) >= 11 is 1.62. The van der Waals surface area contributed by atoms with Crippen molar-refractivity contribution in [3.8, 4) is 6.07 Å². The molecule has 0 saturated heterocycles. The van der Waals surface area contributed by atoms with Crippen LogP contribution in [0.4, 0.5) is 5.69 Å². The van der Waals surface area contributed by atoms with Gasteiger partial charge in [0.15, 0.2) is 0 Å². The third-order valence-corrected chi connectivity index (χ3v) is 5.10. The predicted octanol–water partition coefficient (Wildman–Crippen LogP) is 3.78. The molecule has 1 heterocycles. The Hall–Kier alpha value is -2.12. The second-order valence-electron chi connectivity index (χ2n) is 5.29. The molecule has 21 heavy (non-hydrogen) atoms. The van der Waals surface area contributed by atoms with Crippen molar-refractivity contribution in [2.75, 3.05) is 11.9 Å². The molecule has 0 bridgehead atoms. The van der Waals surface area contributed by atoms with Crippen LogP contribution in [0.25, 0.3) is 0 Å². The van der Waals surface area contributed by atoms with Crippen LogP contribution in [0, 0.1) is 11.3 Å². The van der Waals surface area contributed by atoms with Gasteiger partial charge in [0.25, 0.3) is 5.91 Å². The maximum absolute atomic E-state index is 12.6. The first-order chi connectivity index (χ1) is 10.2. The van der Waals surface area contributed by atoms with E-state index in [9.17, 15) is 4.79 Å². The monoisotopic (exact) mass is 296 g/mol. The van der Waals surface area contributed by atoms with Gasteiger partial charge in [-0.15, -0.1) is 11.3 Å². The summed E-state index contributed by atoms with van der Waals surface area (Å²) < 4.78 is 0. The Morgan fingerprint density at radius 1 is 1.29 bits per heavy atom. The maximum Gasteiger partial charge on any atom is 0.268 e. The van der Waals surface area contributed by atoms with E-state index in [1.165, 1.54) is 23.3 Å². The molecule has 0 radical (unpaired) electrons. The highest BCUT2D eigenvalue weighted by Gasteiger charge is 2.20. The highest BCUT2D eigenvalue weighted by Crippen LogP contribution is 2.31. The molecule has 3 nitrogen and oxygen atoms in total. The second kappa shape index (κ2) is 5.71. The molecule has 3 rings (SSSR count). The molecule has 0 atom stereocenters. The molecule has 106 valence electrons. The van der Waals surface area contributed by atoms with Gasteiger partial charge in [-0.3, -0.25) is 4.79 Å². The third kappa shape index (κ3) is 2.70. The van der Waals surface area contributed by atoms with Gasteiger partial charge < -0.3 is 4.90 Å². The SMILES string of the molecule is CN(C(=O)c1cc2c(s1)CCCC2)c1cccc(C#N)c1. The molecular weight excluding hydrogens is 280 g/mol. The number of nitriles is 1. The number of aryl methyl sites for hydroxylation is 2.